The molecule has 0 aromatic heterocycles. The van der Waals surface area contributed by atoms with Gasteiger partial charge >= 0.3 is 0 Å². The first-order valence-electron chi connectivity index (χ1n) is 5.17. The minimum Gasteiger partial charge on any atom is -0.634 e. The van der Waals surface area contributed by atoms with Crippen molar-refractivity contribution >= 4 is 0 Å². The molecular formula is C10H23NO2. The molecule has 0 bridgehead atoms. The second-order valence-corrected chi connectivity index (χ2v) is 4.20. The molecule has 0 rings (SSSR count). The third-order valence-corrected chi connectivity index (χ3v) is 2.30. The number of rotatable bonds is 6. The molecule has 0 saturated heterocycles. The van der Waals surface area contributed by atoms with Crippen LogP contribution in [0.2, 0.25) is 0 Å². The van der Waals surface area contributed by atoms with Crippen LogP contribution >= 0.6 is 0 Å². The van der Waals surface area contributed by atoms with Crippen molar-refractivity contribution in [1.29, 1.82) is 0 Å². The molecule has 0 radical (unpaired) electrons. The van der Waals surface area contributed by atoms with E-state index >= 15 is 0 Å². The molecule has 0 aromatic rings. The molecule has 80 valence electrons. The van der Waals surface area contributed by atoms with E-state index in [4.69, 9.17) is 0 Å². The molecule has 3 atom stereocenters. The van der Waals surface area contributed by atoms with Crippen LogP contribution in [0.3, 0.4) is 0 Å². The Morgan fingerprint density at radius 2 is 1.92 bits per heavy atom. The van der Waals surface area contributed by atoms with Crippen molar-refractivity contribution in [2.75, 3.05) is 7.05 Å². The summed E-state index contributed by atoms with van der Waals surface area (Å²) in [6, 6.07) is -0.146. The molecule has 0 aliphatic carbocycles. The number of aliphatic hydroxyl groups excluding tert-OH is 1. The highest BCUT2D eigenvalue weighted by Crippen LogP contribution is 2.09. The van der Waals surface area contributed by atoms with Crippen LogP contribution in [0.5, 0.6) is 0 Å². The average molecular weight is 189 g/mol. The van der Waals surface area contributed by atoms with Crippen LogP contribution in [0.4, 0.5) is 0 Å². The van der Waals surface area contributed by atoms with Crippen LogP contribution in [0.25, 0.3) is 0 Å². The van der Waals surface area contributed by atoms with E-state index in [1.165, 1.54) is 0 Å². The summed E-state index contributed by atoms with van der Waals surface area (Å²) in [5.74, 6) is 0.453. The molecule has 0 amide bonds. The largest absolute Gasteiger partial charge is 0.634 e. The average Bonchev–Trinajstić information content (AvgIpc) is 1.97. The standard InChI is InChI=1S/C10H23NO2/c1-5-6-9(11(4)13)10(12)7-8(2)3/h8-12H,5-7H2,1-4H3. The van der Waals surface area contributed by atoms with Gasteiger partial charge in [0.15, 0.2) is 0 Å². The normalized spacial score (nSPS) is 18.7. The second-order valence-electron chi connectivity index (χ2n) is 4.20. The second kappa shape index (κ2) is 6.35. The van der Waals surface area contributed by atoms with Gasteiger partial charge in [0.2, 0.25) is 0 Å². The summed E-state index contributed by atoms with van der Waals surface area (Å²) < 4.78 is 0. The molecule has 0 aliphatic heterocycles. The van der Waals surface area contributed by atoms with Crippen LogP contribution in [0.1, 0.15) is 40.0 Å². The summed E-state index contributed by atoms with van der Waals surface area (Å²) in [6.07, 6.45) is 2.05. The number of nitrogens with one attached hydrogen (secondary N) is 1. The number of hydrogen-bond acceptors (Lipinski definition) is 2. The van der Waals surface area contributed by atoms with Crippen LogP contribution in [-0.4, -0.2) is 24.3 Å². The highest BCUT2D eigenvalue weighted by molar-refractivity contribution is 4.68. The van der Waals surface area contributed by atoms with E-state index in [1.54, 1.807) is 7.05 Å². The lowest BCUT2D eigenvalue weighted by molar-refractivity contribution is -0.859. The highest BCUT2D eigenvalue weighted by atomic mass is 16.5. The Bertz CT molecular complexity index is 126. The summed E-state index contributed by atoms with van der Waals surface area (Å²) in [7, 11) is 1.57. The van der Waals surface area contributed by atoms with Gasteiger partial charge in [-0.15, -0.1) is 0 Å². The zero-order valence-corrected chi connectivity index (χ0v) is 9.21. The Morgan fingerprint density at radius 1 is 1.38 bits per heavy atom. The number of hydroxylamine groups is 2. The van der Waals surface area contributed by atoms with Crippen LogP contribution in [0.15, 0.2) is 0 Å². The zero-order valence-electron chi connectivity index (χ0n) is 9.21. The molecule has 0 aromatic carbocycles. The fourth-order valence-corrected chi connectivity index (χ4v) is 1.62. The van der Waals surface area contributed by atoms with Gasteiger partial charge in [0.05, 0.1) is 7.05 Å². The third-order valence-electron chi connectivity index (χ3n) is 2.30. The summed E-state index contributed by atoms with van der Waals surface area (Å²) in [6.45, 7) is 6.16. The summed E-state index contributed by atoms with van der Waals surface area (Å²) in [4.78, 5) is 0. The van der Waals surface area contributed by atoms with Gasteiger partial charge < -0.3 is 15.4 Å². The Balaban J connectivity index is 4.02. The lowest BCUT2D eigenvalue weighted by Crippen LogP contribution is -3.09. The lowest BCUT2D eigenvalue weighted by Gasteiger charge is -2.31. The molecular weight excluding hydrogens is 166 g/mol. The first-order chi connectivity index (χ1) is 5.99. The van der Waals surface area contributed by atoms with Crippen molar-refractivity contribution < 1.29 is 10.2 Å². The van der Waals surface area contributed by atoms with Gasteiger partial charge in [-0.25, -0.2) is 0 Å². The van der Waals surface area contributed by atoms with Gasteiger partial charge in [0.1, 0.15) is 12.1 Å². The SMILES string of the molecule is CCCC(C(O)CC(C)C)[NH+](C)[O-]. The van der Waals surface area contributed by atoms with Crippen molar-refractivity contribution in [2.24, 2.45) is 5.92 Å². The maximum absolute atomic E-state index is 11.2. The molecule has 0 saturated carbocycles. The van der Waals surface area contributed by atoms with E-state index < -0.39 is 6.10 Å². The van der Waals surface area contributed by atoms with E-state index in [0.29, 0.717) is 5.92 Å². The van der Waals surface area contributed by atoms with Gasteiger partial charge in [-0.2, -0.15) is 0 Å². The van der Waals surface area contributed by atoms with Gasteiger partial charge in [-0.05, 0) is 12.3 Å². The van der Waals surface area contributed by atoms with Crippen molar-refractivity contribution in [3.05, 3.63) is 5.21 Å². The number of likely N-dealkylation sites (N-methyl/N-ethyl adjacent to an activating group) is 1. The lowest BCUT2D eigenvalue weighted by atomic mass is 9.97. The predicted octanol–water partition coefficient (Wildman–Crippen LogP) is 0.575. The molecule has 0 aliphatic rings. The van der Waals surface area contributed by atoms with E-state index in [2.05, 4.69) is 13.8 Å². The third kappa shape index (κ3) is 5.24. The summed E-state index contributed by atoms with van der Waals surface area (Å²) >= 11 is 0. The zero-order chi connectivity index (χ0) is 10.4. The number of aliphatic hydroxyl groups is 1. The van der Waals surface area contributed by atoms with Crippen molar-refractivity contribution in [3.63, 3.8) is 0 Å². The maximum atomic E-state index is 11.2. The smallest absolute Gasteiger partial charge is 0.113 e. The Labute approximate surface area is 81.3 Å². The van der Waals surface area contributed by atoms with Crippen molar-refractivity contribution in [3.8, 4) is 0 Å². The molecule has 0 spiro atoms. The van der Waals surface area contributed by atoms with Crippen molar-refractivity contribution in [1.82, 2.24) is 0 Å². The van der Waals surface area contributed by atoms with E-state index in [1.807, 2.05) is 6.92 Å². The van der Waals surface area contributed by atoms with E-state index in [0.717, 1.165) is 19.3 Å². The van der Waals surface area contributed by atoms with Crippen LogP contribution < -0.4 is 5.06 Å². The minimum absolute atomic E-state index is 0.120. The Hall–Kier alpha value is -0.120. The van der Waals surface area contributed by atoms with Gasteiger partial charge in [0.25, 0.3) is 0 Å². The number of quaternary nitrogens is 1. The van der Waals surface area contributed by atoms with E-state index in [9.17, 15) is 10.3 Å². The fraction of sp³-hybridized carbons (Fsp3) is 1.00. The van der Waals surface area contributed by atoms with Crippen molar-refractivity contribution in [2.45, 2.75) is 52.2 Å². The Kier molecular flexibility index (Phi) is 6.29. The fourth-order valence-electron chi connectivity index (χ4n) is 1.62. The summed E-state index contributed by atoms with van der Waals surface area (Å²) in [5.41, 5.74) is 0. The monoisotopic (exact) mass is 189 g/mol. The van der Waals surface area contributed by atoms with Gasteiger partial charge in [0, 0.05) is 6.42 Å². The molecule has 0 fully saturated rings. The quantitative estimate of drug-likeness (QED) is 0.600. The van der Waals surface area contributed by atoms with Crippen LogP contribution in [0, 0.1) is 11.1 Å². The predicted molar refractivity (Wildman–Crippen MR) is 54.4 cm³/mol. The Morgan fingerprint density at radius 3 is 2.23 bits per heavy atom. The van der Waals surface area contributed by atoms with Gasteiger partial charge in [-0.1, -0.05) is 27.2 Å². The summed E-state index contributed by atoms with van der Waals surface area (Å²) in [5, 5.41) is 21.1. The van der Waals surface area contributed by atoms with E-state index in [-0.39, 0.29) is 11.1 Å². The number of hydrogen-bond donors (Lipinski definition) is 2. The first kappa shape index (κ1) is 12.9. The molecule has 3 heteroatoms. The van der Waals surface area contributed by atoms with Crippen LogP contribution in [-0.2, 0) is 0 Å². The topological polar surface area (TPSA) is 47.7 Å². The molecule has 0 heterocycles. The van der Waals surface area contributed by atoms with Gasteiger partial charge in [-0.3, -0.25) is 0 Å². The highest BCUT2D eigenvalue weighted by Gasteiger charge is 2.22. The molecule has 3 unspecified atom stereocenters. The molecule has 13 heavy (non-hydrogen) atoms. The minimum atomic E-state index is -0.447. The molecule has 2 N–H and O–H groups in total. The maximum Gasteiger partial charge on any atom is 0.113 e. The molecule has 3 nitrogen and oxygen atoms in total. The first-order valence-corrected chi connectivity index (χ1v) is 5.17.